The molecular weight excluding hydrogens is 509 g/mol. The van der Waals surface area contributed by atoms with E-state index in [2.05, 4.69) is 0 Å². The maximum absolute atomic E-state index is 15.0. The first-order valence-corrected chi connectivity index (χ1v) is 11.8. The van der Waals surface area contributed by atoms with Gasteiger partial charge in [0.15, 0.2) is 0 Å². The normalized spacial score (nSPS) is 12.1. The van der Waals surface area contributed by atoms with Crippen LogP contribution in [0.4, 0.5) is 8.78 Å². The summed E-state index contributed by atoms with van der Waals surface area (Å²) in [4.78, 5) is 35.7. The molecule has 1 N–H and O–H groups in total. The standard InChI is InChI=1S/C26H19F2O8P/c1-17(16-22(29)30)18-12-14-21(15-13-18)26(27,28)37(33)36-25(34-23(31)19-8-4-2-5-9-19)35-24(32)20-10-6-3-7-11-20/h2-16,25H,1H3/p+1/b17-16+. The van der Waals surface area contributed by atoms with Gasteiger partial charge in [-0.15, -0.1) is 8.78 Å². The Labute approximate surface area is 211 Å². The molecule has 0 aliphatic rings. The van der Waals surface area contributed by atoms with Crippen LogP contribution in [-0.2, 0) is 29.0 Å². The Morgan fingerprint density at radius 1 is 0.811 bits per heavy atom. The molecule has 0 saturated carbocycles. The Morgan fingerprint density at radius 3 is 1.70 bits per heavy atom. The van der Waals surface area contributed by atoms with Gasteiger partial charge < -0.3 is 14.6 Å². The summed E-state index contributed by atoms with van der Waals surface area (Å²) in [6.07, 6.45) is 0.906. The van der Waals surface area contributed by atoms with Crippen LogP contribution in [0.15, 0.2) is 91.0 Å². The highest BCUT2D eigenvalue weighted by molar-refractivity contribution is 7.40. The van der Waals surface area contributed by atoms with Gasteiger partial charge in [-0.05, 0) is 59.0 Å². The van der Waals surface area contributed by atoms with Crippen LogP contribution in [0.5, 0.6) is 0 Å². The van der Waals surface area contributed by atoms with Crippen molar-refractivity contribution in [3.8, 4) is 0 Å². The summed E-state index contributed by atoms with van der Waals surface area (Å²) in [5.41, 5.74) is -4.13. The smallest absolute Gasteiger partial charge is 0.478 e. The molecule has 0 heterocycles. The van der Waals surface area contributed by atoms with Crippen LogP contribution in [0.1, 0.15) is 38.8 Å². The van der Waals surface area contributed by atoms with Gasteiger partial charge in [-0.2, -0.15) is 0 Å². The predicted molar refractivity (Wildman–Crippen MR) is 128 cm³/mol. The molecule has 11 heteroatoms. The average Bonchev–Trinajstić information content (AvgIpc) is 2.89. The topological polar surface area (TPSA) is 116 Å². The Hall–Kier alpha value is -4.27. The number of carboxylic acids is 1. The third-order valence-corrected chi connectivity index (χ3v) is 5.94. The second-order valence-electron chi connectivity index (χ2n) is 7.48. The van der Waals surface area contributed by atoms with E-state index >= 15 is 0 Å². The first-order valence-electron chi connectivity index (χ1n) is 10.6. The van der Waals surface area contributed by atoms with Gasteiger partial charge in [0.25, 0.3) is 0 Å². The van der Waals surface area contributed by atoms with Crippen LogP contribution in [-0.4, -0.2) is 29.5 Å². The zero-order chi connectivity index (χ0) is 27.0. The van der Waals surface area contributed by atoms with Crippen LogP contribution >= 0.6 is 8.03 Å². The number of hydrogen-bond acceptors (Lipinski definition) is 7. The minimum atomic E-state index is -4.09. The lowest BCUT2D eigenvalue weighted by Gasteiger charge is -2.15. The second kappa shape index (κ2) is 12.1. The van der Waals surface area contributed by atoms with Crippen molar-refractivity contribution in [2.45, 2.75) is 19.1 Å². The van der Waals surface area contributed by atoms with Crippen molar-refractivity contribution >= 4 is 31.5 Å². The van der Waals surface area contributed by atoms with E-state index in [0.29, 0.717) is 11.1 Å². The number of allylic oxidation sites excluding steroid dienone is 1. The van der Waals surface area contributed by atoms with Crippen LogP contribution < -0.4 is 0 Å². The third-order valence-electron chi connectivity index (χ3n) is 4.86. The number of esters is 2. The van der Waals surface area contributed by atoms with Crippen molar-refractivity contribution in [3.05, 3.63) is 113 Å². The van der Waals surface area contributed by atoms with Gasteiger partial charge in [0.2, 0.25) is 0 Å². The zero-order valence-electron chi connectivity index (χ0n) is 19.2. The molecular formula is C26H20F2O8P+. The zero-order valence-corrected chi connectivity index (χ0v) is 20.1. The molecule has 0 spiro atoms. The van der Waals surface area contributed by atoms with Crippen LogP contribution in [0.2, 0.25) is 0 Å². The molecule has 190 valence electrons. The molecule has 0 saturated heterocycles. The fourth-order valence-electron chi connectivity index (χ4n) is 2.98. The van der Waals surface area contributed by atoms with Crippen molar-refractivity contribution in [2.75, 3.05) is 0 Å². The number of halogens is 2. The van der Waals surface area contributed by atoms with Crippen molar-refractivity contribution < 1.29 is 46.8 Å². The summed E-state index contributed by atoms with van der Waals surface area (Å²) >= 11 is 0. The van der Waals surface area contributed by atoms with E-state index in [-0.39, 0.29) is 11.1 Å². The molecule has 37 heavy (non-hydrogen) atoms. The first kappa shape index (κ1) is 27.3. The molecule has 8 nitrogen and oxygen atoms in total. The monoisotopic (exact) mass is 529 g/mol. The van der Waals surface area contributed by atoms with E-state index in [1.165, 1.54) is 67.6 Å². The Bertz CT molecular complexity index is 1260. The van der Waals surface area contributed by atoms with Crippen molar-refractivity contribution in [3.63, 3.8) is 0 Å². The fourth-order valence-corrected chi connectivity index (χ4v) is 3.71. The van der Waals surface area contributed by atoms with Crippen LogP contribution in [0.3, 0.4) is 0 Å². The number of benzene rings is 3. The Balaban J connectivity index is 1.81. The summed E-state index contributed by atoms with van der Waals surface area (Å²) < 4.78 is 57.2. The van der Waals surface area contributed by atoms with Gasteiger partial charge in [0.05, 0.1) is 16.7 Å². The van der Waals surface area contributed by atoms with Crippen molar-refractivity contribution in [1.82, 2.24) is 0 Å². The highest BCUT2D eigenvalue weighted by Crippen LogP contribution is 2.51. The molecule has 1 atom stereocenters. The number of alkyl halides is 2. The number of carbonyl (C=O) groups excluding carboxylic acids is 2. The molecule has 3 aromatic rings. The van der Waals surface area contributed by atoms with Crippen molar-refractivity contribution in [2.24, 2.45) is 0 Å². The van der Waals surface area contributed by atoms with Gasteiger partial charge in [-0.1, -0.05) is 53.1 Å². The summed E-state index contributed by atoms with van der Waals surface area (Å²) in [6.45, 7) is -0.868. The second-order valence-corrected chi connectivity index (χ2v) is 8.76. The van der Waals surface area contributed by atoms with Crippen molar-refractivity contribution in [1.29, 1.82) is 0 Å². The van der Waals surface area contributed by atoms with E-state index in [1.807, 2.05) is 0 Å². The van der Waals surface area contributed by atoms with Crippen LogP contribution in [0.25, 0.3) is 5.57 Å². The lowest BCUT2D eigenvalue weighted by molar-refractivity contribution is -0.186. The van der Waals surface area contributed by atoms with E-state index in [0.717, 1.165) is 18.2 Å². The molecule has 0 radical (unpaired) electrons. The Morgan fingerprint density at radius 2 is 1.27 bits per heavy atom. The van der Waals surface area contributed by atoms with E-state index in [4.69, 9.17) is 19.1 Å². The largest absolute Gasteiger partial charge is 0.599 e. The highest BCUT2D eigenvalue weighted by atomic mass is 31.1. The van der Waals surface area contributed by atoms with Gasteiger partial charge >= 0.3 is 38.1 Å². The minimum Gasteiger partial charge on any atom is -0.478 e. The number of ether oxygens (including phenoxy) is 2. The molecule has 0 aliphatic heterocycles. The number of rotatable bonds is 10. The molecule has 3 rings (SSSR count). The molecule has 0 aliphatic carbocycles. The van der Waals surface area contributed by atoms with Gasteiger partial charge in [-0.25, -0.2) is 14.4 Å². The fraction of sp³-hybridized carbons (Fsp3) is 0.115. The molecule has 3 aromatic carbocycles. The van der Waals surface area contributed by atoms with E-state index in [9.17, 15) is 27.7 Å². The number of hydrogen-bond donors (Lipinski definition) is 1. The average molecular weight is 529 g/mol. The van der Waals surface area contributed by atoms with Crippen LogP contribution in [0, 0.1) is 0 Å². The lowest BCUT2D eigenvalue weighted by atomic mass is 10.1. The van der Waals surface area contributed by atoms with E-state index < -0.39 is 43.6 Å². The maximum atomic E-state index is 15.0. The van der Waals surface area contributed by atoms with E-state index in [1.54, 1.807) is 12.1 Å². The molecule has 0 amide bonds. The van der Waals surface area contributed by atoms with Gasteiger partial charge in [-0.3, -0.25) is 0 Å². The quantitative estimate of drug-likeness (QED) is 0.148. The predicted octanol–water partition coefficient (Wildman–Crippen LogP) is 5.98. The lowest BCUT2D eigenvalue weighted by Crippen LogP contribution is -2.27. The molecule has 1 unspecified atom stereocenters. The summed E-state index contributed by atoms with van der Waals surface area (Å²) in [5.74, 6) is -3.34. The highest BCUT2D eigenvalue weighted by Gasteiger charge is 2.58. The molecule has 0 aromatic heterocycles. The van der Waals surface area contributed by atoms with Gasteiger partial charge in [0.1, 0.15) is 0 Å². The molecule has 0 fully saturated rings. The Kier molecular flexibility index (Phi) is 8.95. The van der Waals surface area contributed by atoms with Gasteiger partial charge in [0, 0.05) is 6.08 Å². The third kappa shape index (κ3) is 7.36. The molecule has 0 bridgehead atoms. The summed E-state index contributed by atoms with van der Waals surface area (Å²) in [7, 11) is -3.92. The number of carboxylic acid groups (broad SMARTS) is 1. The number of carbonyl (C=O) groups is 3. The minimum absolute atomic E-state index is 0.00854. The maximum Gasteiger partial charge on any atom is 0.599 e. The first-order chi connectivity index (χ1) is 17.6. The summed E-state index contributed by atoms with van der Waals surface area (Å²) in [6, 6.07) is 19.2. The number of aliphatic carboxylic acids is 1. The summed E-state index contributed by atoms with van der Waals surface area (Å²) in [5, 5.41) is 8.83. The SMILES string of the molecule is C/C(=C\C(=O)O)c1ccc(C(F)(F)[P+](=O)OC(OC(=O)c2ccccc2)OC(=O)c2ccccc2)cc1.